The topological polar surface area (TPSA) is 66.4 Å². The van der Waals surface area contributed by atoms with Gasteiger partial charge in [-0.25, -0.2) is 0 Å². The Bertz CT molecular complexity index is 275. The first-order valence-corrected chi connectivity index (χ1v) is 7.32. The Morgan fingerprint density at radius 2 is 1.68 bits per heavy atom. The van der Waals surface area contributed by atoms with Crippen molar-refractivity contribution in [2.24, 2.45) is 17.8 Å². The van der Waals surface area contributed by atoms with Crippen LogP contribution in [0, 0.1) is 17.8 Å². The number of hydrogen-bond donors (Lipinski definition) is 2. The average Bonchev–Trinajstić information content (AvgIpc) is 2.26. The molecule has 1 atom stereocenters. The first-order chi connectivity index (χ1) is 8.82. The SMILES string of the molecule is CC(C)CCCCNC(=O)CC(CC(C)C)C(=O)O. The number of amides is 1. The average molecular weight is 271 g/mol. The van der Waals surface area contributed by atoms with Crippen molar-refractivity contribution in [3.05, 3.63) is 0 Å². The van der Waals surface area contributed by atoms with Gasteiger partial charge in [-0.2, -0.15) is 0 Å². The van der Waals surface area contributed by atoms with Gasteiger partial charge in [0.15, 0.2) is 0 Å². The van der Waals surface area contributed by atoms with E-state index >= 15 is 0 Å². The molecule has 0 aromatic carbocycles. The van der Waals surface area contributed by atoms with E-state index in [-0.39, 0.29) is 12.3 Å². The normalized spacial score (nSPS) is 12.7. The fraction of sp³-hybridized carbons (Fsp3) is 0.867. The molecule has 112 valence electrons. The van der Waals surface area contributed by atoms with Crippen molar-refractivity contribution in [2.75, 3.05) is 6.54 Å². The van der Waals surface area contributed by atoms with Gasteiger partial charge in [-0.05, 0) is 24.7 Å². The van der Waals surface area contributed by atoms with Crippen molar-refractivity contribution in [3.63, 3.8) is 0 Å². The van der Waals surface area contributed by atoms with Gasteiger partial charge in [0.05, 0.1) is 5.92 Å². The highest BCUT2D eigenvalue weighted by Crippen LogP contribution is 2.15. The molecule has 4 nitrogen and oxygen atoms in total. The van der Waals surface area contributed by atoms with Gasteiger partial charge >= 0.3 is 5.97 Å². The molecule has 1 amide bonds. The molecule has 2 N–H and O–H groups in total. The lowest BCUT2D eigenvalue weighted by Crippen LogP contribution is -2.29. The fourth-order valence-electron chi connectivity index (χ4n) is 2.04. The van der Waals surface area contributed by atoms with Crippen LogP contribution in [0.3, 0.4) is 0 Å². The summed E-state index contributed by atoms with van der Waals surface area (Å²) in [5, 5.41) is 11.9. The zero-order chi connectivity index (χ0) is 14.8. The lowest BCUT2D eigenvalue weighted by Gasteiger charge is -2.14. The lowest BCUT2D eigenvalue weighted by atomic mass is 9.94. The van der Waals surface area contributed by atoms with Gasteiger partial charge in [-0.3, -0.25) is 9.59 Å². The molecule has 0 fully saturated rings. The van der Waals surface area contributed by atoms with Crippen molar-refractivity contribution in [3.8, 4) is 0 Å². The van der Waals surface area contributed by atoms with E-state index in [4.69, 9.17) is 5.11 Å². The summed E-state index contributed by atoms with van der Waals surface area (Å²) in [5.74, 6) is -0.588. The molecule has 0 aromatic rings. The highest BCUT2D eigenvalue weighted by Gasteiger charge is 2.21. The van der Waals surface area contributed by atoms with Gasteiger partial charge in [-0.15, -0.1) is 0 Å². The van der Waals surface area contributed by atoms with Crippen LogP contribution in [0.1, 0.15) is 59.8 Å². The Morgan fingerprint density at radius 1 is 1.05 bits per heavy atom. The van der Waals surface area contributed by atoms with Crippen LogP contribution in [0.5, 0.6) is 0 Å². The number of rotatable bonds is 10. The quantitative estimate of drug-likeness (QED) is 0.600. The van der Waals surface area contributed by atoms with Gasteiger partial charge in [0.1, 0.15) is 0 Å². The summed E-state index contributed by atoms with van der Waals surface area (Å²) in [6.45, 7) is 8.96. The highest BCUT2D eigenvalue weighted by molar-refractivity contribution is 5.82. The third-order valence-electron chi connectivity index (χ3n) is 3.07. The largest absolute Gasteiger partial charge is 0.481 e. The molecule has 4 heteroatoms. The van der Waals surface area contributed by atoms with Crippen LogP contribution in [0.25, 0.3) is 0 Å². The van der Waals surface area contributed by atoms with Crippen LogP contribution >= 0.6 is 0 Å². The molecule has 0 heterocycles. The molecule has 0 aliphatic heterocycles. The molecule has 0 aliphatic carbocycles. The van der Waals surface area contributed by atoms with Gasteiger partial charge in [0, 0.05) is 13.0 Å². The number of carbonyl (C=O) groups excluding carboxylic acids is 1. The van der Waals surface area contributed by atoms with E-state index < -0.39 is 11.9 Å². The number of nitrogens with one attached hydrogen (secondary N) is 1. The van der Waals surface area contributed by atoms with Gasteiger partial charge in [0.25, 0.3) is 0 Å². The number of carboxylic acid groups (broad SMARTS) is 1. The van der Waals surface area contributed by atoms with Crippen molar-refractivity contribution in [1.82, 2.24) is 5.32 Å². The van der Waals surface area contributed by atoms with E-state index in [9.17, 15) is 9.59 Å². The third-order valence-corrected chi connectivity index (χ3v) is 3.07. The fourth-order valence-corrected chi connectivity index (χ4v) is 2.04. The summed E-state index contributed by atoms with van der Waals surface area (Å²) < 4.78 is 0. The molecule has 0 aromatic heterocycles. The van der Waals surface area contributed by atoms with Crippen LogP contribution in [0.2, 0.25) is 0 Å². The maximum absolute atomic E-state index is 11.7. The molecular formula is C15H29NO3. The minimum Gasteiger partial charge on any atom is -0.481 e. The van der Waals surface area contributed by atoms with Crippen LogP contribution in [0.4, 0.5) is 0 Å². The Hall–Kier alpha value is -1.06. The van der Waals surface area contributed by atoms with E-state index in [2.05, 4.69) is 19.2 Å². The molecule has 0 rings (SSSR count). The zero-order valence-corrected chi connectivity index (χ0v) is 12.7. The van der Waals surface area contributed by atoms with E-state index in [1.807, 2.05) is 13.8 Å². The molecule has 1 unspecified atom stereocenters. The number of carboxylic acids is 1. The zero-order valence-electron chi connectivity index (χ0n) is 12.7. The van der Waals surface area contributed by atoms with Crippen LogP contribution in [-0.2, 0) is 9.59 Å². The van der Waals surface area contributed by atoms with E-state index in [1.54, 1.807) is 0 Å². The first kappa shape index (κ1) is 17.9. The third kappa shape index (κ3) is 10.5. The monoisotopic (exact) mass is 271 g/mol. The smallest absolute Gasteiger partial charge is 0.307 e. The maximum Gasteiger partial charge on any atom is 0.307 e. The highest BCUT2D eigenvalue weighted by atomic mass is 16.4. The molecule has 0 saturated carbocycles. The van der Waals surface area contributed by atoms with E-state index in [1.165, 1.54) is 6.42 Å². The van der Waals surface area contributed by atoms with Crippen molar-refractivity contribution >= 4 is 11.9 Å². The van der Waals surface area contributed by atoms with Gasteiger partial charge in [0.2, 0.25) is 5.91 Å². The van der Waals surface area contributed by atoms with E-state index in [0.29, 0.717) is 24.8 Å². The summed E-state index contributed by atoms with van der Waals surface area (Å²) in [4.78, 5) is 22.7. The lowest BCUT2D eigenvalue weighted by molar-refractivity contribution is -0.144. The van der Waals surface area contributed by atoms with Crippen LogP contribution < -0.4 is 5.32 Å². The maximum atomic E-state index is 11.7. The van der Waals surface area contributed by atoms with Crippen LogP contribution in [-0.4, -0.2) is 23.5 Å². The summed E-state index contributed by atoms with van der Waals surface area (Å²) in [5.41, 5.74) is 0. The molecule has 0 radical (unpaired) electrons. The molecule has 19 heavy (non-hydrogen) atoms. The van der Waals surface area contributed by atoms with Crippen molar-refractivity contribution < 1.29 is 14.7 Å². The summed E-state index contributed by atoms with van der Waals surface area (Å²) in [6, 6.07) is 0. The second kappa shape index (κ2) is 9.82. The molecule has 0 saturated heterocycles. The minimum absolute atomic E-state index is 0.0949. The predicted octanol–water partition coefficient (Wildman–Crippen LogP) is 3.07. The number of carbonyl (C=O) groups is 2. The summed E-state index contributed by atoms with van der Waals surface area (Å²) >= 11 is 0. The Labute approximate surface area is 117 Å². The molecular weight excluding hydrogens is 242 g/mol. The van der Waals surface area contributed by atoms with Gasteiger partial charge in [-0.1, -0.05) is 40.5 Å². The molecule has 0 aliphatic rings. The number of aliphatic carboxylic acids is 1. The Kier molecular flexibility index (Phi) is 9.27. The minimum atomic E-state index is -0.872. The number of unbranched alkanes of at least 4 members (excludes halogenated alkanes) is 1. The van der Waals surface area contributed by atoms with E-state index in [0.717, 1.165) is 12.8 Å². The summed E-state index contributed by atoms with van der Waals surface area (Å²) in [6.07, 6.45) is 3.88. The molecule has 0 spiro atoms. The first-order valence-electron chi connectivity index (χ1n) is 7.32. The Balaban J connectivity index is 3.84. The Morgan fingerprint density at radius 3 is 2.16 bits per heavy atom. The second-order valence-corrected chi connectivity index (χ2v) is 6.11. The number of hydrogen-bond acceptors (Lipinski definition) is 2. The van der Waals surface area contributed by atoms with Gasteiger partial charge < -0.3 is 10.4 Å². The van der Waals surface area contributed by atoms with Crippen LogP contribution in [0.15, 0.2) is 0 Å². The standard InChI is InChI=1S/C15H29NO3/c1-11(2)7-5-6-8-16-14(17)10-13(15(18)19)9-12(3)4/h11-13H,5-10H2,1-4H3,(H,16,17)(H,18,19). The second-order valence-electron chi connectivity index (χ2n) is 6.11. The summed E-state index contributed by atoms with van der Waals surface area (Å²) in [7, 11) is 0. The molecule has 0 bridgehead atoms. The predicted molar refractivity (Wildman–Crippen MR) is 76.9 cm³/mol. The van der Waals surface area contributed by atoms with Crippen molar-refractivity contribution in [1.29, 1.82) is 0 Å². The van der Waals surface area contributed by atoms with Crippen molar-refractivity contribution in [2.45, 2.75) is 59.8 Å².